The zero-order valence-electron chi connectivity index (χ0n) is 8.26. The molecule has 0 aromatic rings. The SMILES string of the molecule is NNP(=O)(NCCCl)N(CCCl)CCCl. The minimum absolute atomic E-state index is 0.348. The van der Waals surface area contributed by atoms with Gasteiger partial charge in [-0.15, -0.1) is 34.8 Å². The van der Waals surface area contributed by atoms with E-state index in [1.165, 1.54) is 0 Å². The molecule has 0 aliphatic heterocycles. The Morgan fingerprint density at radius 1 is 1.13 bits per heavy atom. The lowest BCUT2D eigenvalue weighted by molar-refractivity contribution is 0.425. The summed E-state index contributed by atoms with van der Waals surface area (Å²) in [6.07, 6.45) is 0. The maximum atomic E-state index is 12.2. The van der Waals surface area contributed by atoms with E-state index in [1.54, 1.807) is 4.67 Å². The number of nitrogens with two attached hydrogens (primary N) is 1. The van der Waals surface area contributed by atoms with E-state index in [4.69, 9.17) is 40.6 Å². The second-order valence-electron chi connectivity index (χ2n) is 2.63. The van der Waals surface area contributed by atoms with Gasteiger partial charge in [0.2, 0.25) is 0 Å². The highest BCUT2D eigenvalue weighted by molar-refractivity contribution is 7.57. The first kappa shape index (κ1) is 15.9. The Morgan fingerprint density at radius 2 is 1.67 bits per heavy atom. The van der Waals surface area contributed by atoms with Gasteiger partial charge in [0, 0.05) is 37.3 Å². The van der Waals surface area contributed by atoms with Crippen LogP contribution in [0.5, 0.6) is 0 Å². The third kappa shape index (κ3) is 5.71. The van der Waals surface area contributed by atoms with Gasteiger partial charge in [0.15, 0.2) is 0 Å². The number of alkyl halides is 3. The van der Waals surface area contributed by atoms with E-state index in [0.717, 1.165) is 0 Å². The van der Waals surface area contributed by atoms with Crippen LogP contribution < -0.4 is 16.1 Å². The first-order chi connectivity index (χ1) is 7.14. The van der Waals surface area contributed by atoms with Gasteiger partial charge in [-0.3, -0.25) is 10.4 Å². The molecule has 9 heteroatoms. The highest BCUT2D eigenvalue weighted by atomic mass is 35.5. The lowest BCUT2D eigenvalue weighted by atomic mass is 10.6. The topological polar surface area (TPSA) is 70.4 Å². The summed E-state index contributed by atoms with van der Waals surface area (Å²) in [6, 6.07) is 0. The van der Waals surface area contributed by atoms with Crippen molar-refractivity contribution in [2.75, 3.05) is 37.3 Å². The molecule has 0 aliphatic rings. The number of hydrogen-bond acceptors (Lipinski definition) is 2. The van der Waals surface area contributed by atoms with Crippen molar-refractivity contribution in [3.05, 3.63) is 0 Å². The predicted octanol–water partition coefficient (Wildman–Crippen LogP) is 1.17. The van der Waals surface area contributed by atoms with Crippen LogP contribution in [0.2, 0.25) is 0 Å². The summed E-state index contributed by atoms with van der Waals surface area (Å²) in [5.74, 6) is 6.32. The summed E-state index contributed by atoms with van der Waals surface area (Å²) >= 11 is 16.7. The molecule has 5 nitrogen and oxygen atoms in total. The van der Waals surface area contributed by atoms with Crippen molar-refractivity contribution in [1.29, 1.82) is 0 Å². The van der Waals surface area contributed by atoms with E-state index in [1.807, 2.05) is 0 Å². The molecule has 0 aromatic carbocycles. The summed E-state index contributed by atoms with van der Waals surface area (Å²) in [7, 11) is -3.00. The second-order valence-corrected chi connectivity index (χ2v) is 6.06. The van der Waals surface area contributed by atoms with Gasteiger partial charge >= 0.3 is 0 Å². The average Bonchev–Trinajstić information content (AvgIpc) is 2.25. The quantitative estimate of drug-likeness (QED) is 0.258. The van der Waals surface area contributed by atoms with Crippen LogP contribution in [0, 0.1) is 0 Å². The molecule has 0 aliphatic carbocycles. The molecule has 0 amide bonds. The van der Waals surface area contributed by atoms with Gasteiger partial charge in [-0.2, -0.15) is 5.20 Å². The molecule has 15 heavy (non-hydrogen) atoms. The van der Waals surface area contributed by atoms with Gasteiger partial charge in [0.25, 0.3) is 7.59 Å². The molecule has 0 spiro atoms. The average molecular weight is 298 g/mol. The molecule has 92 valence electrons. The summed E-state index contributed by atoms with van der Waals surface area (Å²) < 4.78 is 13.8. The highest BCUT2D eigenvalue weighted by Gasteiger charge is 2.27. The van der Waals surface area contributed by atoms with E-state index >= 15 is 0 Å². The van der Waals surface area contributed by atoms with E-state index < -0.39 is 7.59 Å². The van der Waals surface area contributed by atoms with Crippen LogP contribution in [0.15, 0.2) is 0 Å². The van der Waals surface area contributed by atoms with Crippen LogP contribution in [0.1, 0.15) is 0 Å². The van der Waals surface area contributed by atoms with E-state index in [2.05, 4.69) is 10.3 Å². The molecule has 0 saturated heterocycles. The molecule has 4 N–H and O–H groups in total. The van der Waals surface area contributed by atoms with Gasteiger partial charge in [-0.05, 0) is 0 Å². The van der Waals surface area contributed by atoms with Crippen molar-refractivity contribution in [2.45, 2.75) is 0 Å². The first-order valence-electron chi connectivity index (χ1n) is 4.41. The zero-order valence-corrected chi connectivity index (χ0v) is 11.4. The van der Waals surface area contributed by atoms with Gasteiger partial charge < -0.3 is 0 Å². The molecule has 0 heterocycles. The number of rotatable bonds is 9. The van der Waals surface area contributed by atoms with Crippen molar-refractivity contribution in [2.24, 2.45) is 5.84 Å². The van der Waals surface area contributed by atoms with Crippen molar-refractivity contribution in [3.8, 4) is 0 Å². The minimum atomic E-state index is -3.00. The summed E-state index contributed by atoms with van der Waals surface area (Å²) in [5, 5.41) is 5.04. The molecular formula is C6H16Cl3N4OP. The number of hydrazine groups is 1. The lowest BCUT2D eigenvalue weighted by Crippen LogP contribution is -2.41. The fraction of sp³-hybridized carbons (Fsp3) is 1.00. The Balaban J connectivity index is 4.46. The van der Waals surface area contributed by atoms with Gasteiger partial charge in [0.1, 0.15) is 0 Å². The van der Waals surface area contributed by atoms with Crippen molar-refractivity contribution >= 4 is 42.4 Å². The van der Waals surface area contributed by atoms with Crippen LogP contribution in [-0.4, -0.2) is 41.9 Å². The van der Waals surface area contributed by atoms with E-state index in [0.29, 0.717) is 37.3 Å². The molecular weight excluding hydrogens is 281 g/mol. The largest absolute Gasteiger partial charge is 0.294 e. The Kier molecular flexibility index (Phi) is 9.59. The Hall–Kier alpha value is 0.940. The number of nitrogens with zero attached hydrogens (tertiary/aromatic N) is 1. The summed E-state index contributed by atoms with van der Waals surface area (Å²) in [6.45, 7) is 1.26. The van der Waals surface area contributed by atoms with Crippen molar-refractivity contribution in [3.63, 3.8) is 0 Å². The summed E-state index contributed by atoms with van der Waals surface area (Å²) in [4.78, 5) is 0. The Bertz CT molecular complexity index is 203. The first-order valence-corrected chi connectivity index (χ1v) is 7.67. The van der Waals surface area contributed by atoms with Crippen molar-refractivity contribution < 1.29 is 4.57 Å². The van der Waals surface area contributed by atoms with E-state index in [-0.39, 0.29) is 0 Å². The monoisotopic (exact) mass is 296 g/mol. The van der Waals surface area contributed by atoms with Crippen LogP contribution in [-0.2, 0) is 4.57 Å². The van der Waals surface area contributed by atoms with Gasteiger partial charge in [0.05, 0.1) is 0 Å². The highest BCUT2D eigenvalue weighted by Crippen LogP contribution is 2.38. The number of halogens is 3. The normalized spacial score (nSPS) is 15.5. The van der Waals surface area contributed by atoms with Crippen LogP contribution in [0.25, 0.3) is 0 Å². The van der Waals surface area contributed by atoms with Crippen LogP contribution >= 0.6 is 42.4 Å². The number of hydrogen-bond donors (Lipinski definition) is 3. The smallest absolute Gasteiger partial charge is 0.269 e. The predicted molar refractivity (Wildman–Crippen MR) is 66.7 cm³/mol. The standard InChI is InChI=1S/C6H16Cl3N4OP/c7-1-4-11-15(14,12-10)13(5-2-8)6-3-9/h1-6,10H2,(H2,11,12,14). The maximum Gasteiger partial charge on any atom is 0.294 e. The molecule has 0 saturated carbocycles. The van der Waals surface area contributed by atoms with Crippen LogP contribution in [0.4, 0.5) is 0 Å². The molecule has 0 bridgehead atoms. The third-order valence-electron chi connectivity index (χ3n) is 1.68. The minimum Gasteiger partial charge on any atom is -0.269 e. The fourth-order valence-corrected chi connectivity index (χ4v) is 3.51. The number of nitrogens with one attached hydrogen (secondary N) is 2. The fourth-order valence-electron chi connectivity index (χ4n) is 1.01. The molecule has 0 radical (unpaired) electrons. The lowest BCUT2D eigenvalue weighted by Gasteiger charge is -2.29. The molecule has 0 fully saturated rings. The zero-order chi connectivity index (χ0) is 11.7. The Labute approximate surface area is 105 Å². The molecule has 0 rings (SSSR count). The maximum absolute atomic E-state index is 12.2. The van der Waals surface area contributed by atoms with Crippen molar-refractivity contribution in [1.82, 2.24) is 15.0 Å². The van der Waals surface area contributed by atoms with Gasteiger partial charge in [-0.25, -0.2) is 9.76 Å². The molecule has 0 aromatic heterocycles. The Morgan fingerprint density at radius 3 is 2.00 bits per heavy atom. The molecule has 1 unspecified atom stereocenters. The molecule has 1 atom stereocenters. The second kappa shape index (κ2) is 9.02. The third-order valence-corrected chi connectivity index (χ3v) is 4.41. The van der Waals surface area contributed by atoms with Crippen LogP contribution in [0.3, 0.4) is 0 Å². The summed E-state index contributed by atoms with van der Waals surface area (Å²) in [5.41, 5.74) is 0. The van der Waals surface area contributed by atoms with Gasteiger partial charge in [-0.1, -0.05) is 0 Å². The van der Waals surface area contributed by atoms with E-state index in [9.17, 15) is 4.57 Å².